The molecule has 5 amide bonds. The third-order valence-corrected chi connectivity index (χ3v) is 13.0. The zero-order valence-corrected chi connectivity index (χ0v) is 35.0. The Balaban J connectivity index is 0.753. The summed E-state index contributed by atoms with van der Waals surface area (Å²) in [4.78, 5) is 81.5. The number of imidazole rings is 1. The maximum absolute atomic E-state index is 13.4. The number of nitrogens with zero attached hydrogens (tertiary/aromatic N) is 6. The molecule has 15 heteroatoms. The van der Waals surface area contributed by atoms with Gasteiger partial charge >= 0.3 is 0 Å². The van der Waals surface area contributed by atoms with Crippen molar-refractivity contribution in [2.45, 2.75) is 100 Å². The molecule has 14 nitrogen and oxygen atoms in total. The Labute approximate surface area is 359 Å². The van der Waals surface area contributed by atoms with Gasteiger partial charge in [-0.25, -0.2) is 15.0 Å². The van der Waals surface area contributed by atoms with Gasteiger partial charge in [0, 0.05) is 41.0 Å². The fraction of sp³-hybridized carbons (Fsp3) is 0.391. The van der Waals surface area contributed by atoms with Crippen LogP contribution in [0.2, 0.25) is 0 Å². The number of pyridine rings is 1. The van der Waals surface area contributed by atoms with E-state index in [0.717, 1.165) is 89.8 Å². The molecule has 3 aromatic heterocycles. The van der Waals surface area contributed by atoms with E-state index in [2.05, 4.69) is 29.9 Å². The minimum Gasteiger partial charge on any atom is -0.382 e. The quantitative estimate of drug-likeness (QED) is 0.0452. The van der Waals surface area contributed by atoms with Crippen molar-refractivity contribution in [2.75, 3.05) is 29.9 Å². The Hall–Kier alpha value is -5.93. The third-order valence-electron chi connectivity index (χ3n) is 11.9. The Morgan fingerprint density at radius 2 is 1.59 bits per heavy atom. The number of amides is 5. The number of nitrogens with one attached hydrogen (secondary N) is 2. The number of hydrogen-bond donors (Lipinski definition) is 3. The van der Waals surface area contributed by atoms with Crippen molar-refractivity contribution < 1.29 is 24.0 Å². The van der Waals surface area contributed by atoms with Gasteiger partial charge in [0.15, 0.2) is 0 Å². The monoisotopic (exact) mass is 841 g/mol. The first-order chi connectivity index (χ1) is 29.8. The second kappa shape index (κ2) is 19.2. The molecule has 0 spiro atoms. The minimum atomic E-state index is -0.956. The number of carbonyl (C=O) groups is 5. The molecule has 0 aliphatic carbocycles. The van der Waals surface area contributed by atoms with Gasteiger partial charge in [-0.05, 0) is 87.3 Å². The topological polar surface area (TPSA) is 185 Å². The SMILES string of the molecule is Nc1nccn2c([C@@H]3CCCN3CCCCCCCCCCCSc3cccc4c3C(=O)N(C3CCC(=O)NC3=O)C4=O)nc(-c3ccc(C(=O)Nc4ccccn4)cc3)c12. The number of carbonyl (C=O) groups excluding carboxylic acids is 5. The van der Waals surface area contributed by atoms with Gasteiger partial charge in [0.1, 0.15) is 34.7 Å². The lowest BCUT2D eigenvalue weighted by atomic mass is 10.0. The number of likely N-dealkylation sites (tertiary alicyclic amines) is 1. The van der Waals surface area contributed by atoms with E-state index in [1.165, 1.54) is 32.1 Å². The third kappa shape index (κ3) is 9.22. The van der Waals surface area contributed by atoms with Crippen LogP contribution in [0, 0.1) is 0 Å². The maximum Gasteiger partial charge on any atom is 0.263 e. The predicted octanol–water partition coefficient (Wildman–Crippen LogP) is 7.47. The zero-order valence-electron chi connectivity index (χ0n) is 34.2. The molecule has 61 heavy (non-hydrogen) atoms. The van der Waals surface area contributed by atoms with Gasteiger partial charge in [-0.15, -0.1) is 11.8 Å². The van der Waals surface area contributed by atoms with E-state index in [1.54, 1.807) is 60.6 Å². The van der Waals surface area contributed by atoms with Crippen molar-refractivity contribution in [3.05, 3.63) is 102 Å². The molecule has 8 rings (SSSR count). The van der Waals surface area contributed by atoms with Crippen molar-refractivity contribution in [3.63, 3.8) is 0 Å². The number of hydrogen-bond acceptors (Lipinski definition) is 11. The van der Waals surface area contributed by atoms with Gasteiger partial charge in [0.25, 0.3) is 17.7 Å². The molecular weight excluding hydrogens is 791 g/mol. The van der Waals surface area contributed by atoms with E-state index in [9.17, 15) is 24.0 Å². The van der Waals surface area contributed by atoms with Gasteiger partial charge in [-0.2, -0.15) is 0 Å². The zero-order chi connectivity index (χ0) is 42.3. The number of nitrogen functional groups attached to an aromatic ring is 1. The Bertz CT molecular complexity index is 2420. The fourth-order valence-corrected chi connectivity index (χ4v) is 9.84. The fourth-order valence-electron chi connectivity index (χ4n) is 8.75. The highest BCUT2D eigenvalue weighted by Crippen LogP contribution is 2.37. The number of anilines is 2. The molecule has 2 fully saturated rings. The molecule has 2 aromatic carbocycles. The number of imide groups is 2. The van der Waals surface area contributed by atoms with Crippen LogP contribution in [0.4, 0.5) is 11.6 Å². The number of unbranched alkanes of at least 4 members (excludes halogenated alkanes) is 8. The molecule has 2 saturated heterocycles. The number of nitrogens with two attached hydrogens (primary N) is 1. The van der Waals surface area contributed by atoms with E-state index >= 15 is 0 Å². The molecule has 3 aliphatic rings. The summed E-state index contributed by atoms with van der Waals surface area (Å²) >= 11 is 1.58. The van der Waals surface area contributed by atoms with E-state index < -0.39 is 23.8 Å². The lowest BCUT2D eigenvalue weighted by molar-refractivity contribution is -0.136. The van der Waals surface area contributed by atoms with Crippen LogP contribution >= 0.6 is 11.8 Å². The predicted molar refractivity (Wildman–Crippen MR) is 234 cm³/mol. The summed E-state index contributed by atoms with van der Waals surface area (Å²) in [5.74, 6) is 0.604. The normalized spacial score (nSPS) is 17.9. The number of piperidine rings is 1. The van der Waals surface area contributed by atoms with Crippen LogP contribution in [0.25, 0.3) is 16.8 Å². The largest absolute Gasteiger partial charge is 0.382 e. The van der Waals surface area contributed by atoms with Crippen molar-refractivity contribution >= 4 is 58.5 Å². The Kier molecular flexibility index (Phi) is 13.2. The van der Waals surface area contributed by atoms with Crippen molar-refractivity contribution in [1.29, 1.82) is 0 Å². The maximum atomic E-state index is 13.4. The van der Waals surface area contributed by atoms with Crippen LogP contribution in [0.15, 0.2) is 84.1 Å². The molecule has 4 N–H and O–H groups in total. The molecule has 2 atom stereocenters. The molecule has 1 unspecified atom stereocenters. The lowest BCUT2D eigenvalue weighted by Gasteiger charge is -2.27. The van der Waals surface area contributed by atoms with Crippen molar-refractivity contribution in [2.24, 2.45) is 0 Å². The van der Waals surface area contributed by atoms with Crippen LogP contribution in [0.3, 0.4) is 0 Å². The first-order valence-corrected chi connectivity index (χ1v) is 22.4. The van der Waals surface area contributed by atoms with Gasteiger partial charge in [0.2, 0.25) is 11.8 Å². The van der Waals surface area contributed by atoms with Crippen LogP contribution in [0.1, 0.15) is 126 Å². The summed E-state index contributed by atoms with van der Waals surface area (Å²) in [5.41, 5.74) is 10.1. The van der Waals surface area contributed by atoms with Gasteiger partial charge in [-0.1, -0.05) is 69.2 Å². The summed E-state index contributed by atoms with van der Waals surface area (Å²) in [6, 6.07) is 17.3. The molecular formula is C46H51N9O5S. The van der Waals surface area contributed by atoms with E-state index in [4.69, 9.17) is 10.7 Å². The summed E-state index contributed by atoms with van der Waals surface area (Å²) in [6.45, 7) is 2.06. The Morgan fingerprint density at radius 3 is 2.34 bits per heavy atom. The van der Waals surface area contributed by atoms with Crippen LogP contribution in [-0.2, 0) is 9.59 Å². The van der Waals surface area contributed by atoms with E-state index in [-0.39, 0.29) is 30.7 Å². The highest BCUT2D eigenvalue weighted by molar-refractivity contribution is 7.99. The standard InChI is InChI=1S/C46H51N9O5S/c47-41-40-39(30-18-20-31(21-19-30)43(57)50-36-17-8-9-24-48-36)52-42(54(40)28-25-49-41)33-15-13-27-53(33)26-10-6-4-2-1-3-5-7-11-29-61-35-16-12-14-32-38(35)46(60)55(45(32)59)34-22-23-37(56)51-44(34)58/h8-9,12,14,16-21,24-25,28,33-34H,1-7,10-11,13,15,22-23,26-27,29H2,(H2,47,49)(H,48,50,57)(H,51,56,58)/t33-,34?/m0/s1. The molecule has 0 bridgehead atoms. The molecule has 5 aromatic rings. The van der Waals surface area contributed by atoms with Crippen LogP contribution < -0.4 is 16.4 Å². The summed E-state index contributed by atoms with van der Waals surface area (Å²) in [7, 11) is 0. The highest BCUT2D eigenvalue weighted by Gasteiger charge is 2.45. The van der Waals surface area contributed by atoms with Crippen molar-refractivity contribution in [1.82, 2.24) is 34.5 Å². The number of aromatic nitrogens is 4. The molecule has 0 saturated carbocycles. The second-order valence-electron chi connectivity index (χ2n) is 15.9. The highest BCUT2D eigenvalue weighted by atomic mass is 32.2. The first kappa shape index (κ1) is 41.8. The summed E-state index contributed by atoms with van der Waals surface area (Å²) in [6.07, 6.45) is 18.2. The Morgan fingerprint density at radius 1 is 0.820 bits per heavy atom. The smallest absolute Gasteiger partial charge is 0.263 e. The number of benzene rings is 2. The summed E-state index contributed by atoms with van der Waals surface area (Å²) < 4.78 is 2.09. The van der Waals surface area contributed by atoms with E-state index in [1.807, 2.05) is 30.5 Å². The average Bonchev–Trinajstić information content (AvgIpc) is 3.96. The molecule has 316 valence electrons. The van der Waals surface area contributed by atoms with Gasteiger partial charge in [0.05, 0.1) is 17.2 Å². The molecule has 6 heterocycles. The number of fused-ring (bicyclic) bond motifs is 2. The van der Waals surface area contributed by atoms with Crippen LogP contribution in [0.5, 0.6) is 0 Å². The van der Waals surface area contributed by atoms with Gasteiger partial charge < -0.3 is 11.1 Å². The lowest BCUT2D eigenvalue weighted by Crippen LogP contribution is -2.54. The van der Waals surface area contributed by atoms with Gasteiger partial charge in [-0.3, -0.25) is 43.5 Å². The number of thioether (sulfide) groups is 1. The minimum absolute atomic E-state index is 0.103. The van der Waals surface area contributed by atoms with Crippen LogP contribution in [-0.4, -0.2) is 83.6 Å². The molecule has 3 aliphatic heterocycles. The average molecular weight is 842 g/mol. The van der Waals surface area contributed by atoms with E-state index in [0.29, 0.717) is 28.3 Å². The molecule has 0 radical (unpaired) electrons. The second-order valence-corrected chi connectivity index (χ2v) is 17.1. The first-order valence-electron chi connectivity index (χ1n) is 21.4. The van der Waals surface area contributed by atoms with Crippen molar-refractivity contribution in [3.8, 4) is 11.3 Å². The number of rotatable bonds is 18. The summed E-state index contributed by atoms with van der Waals surface area (Å²) in [5, 5.41) is 5.08.